The molecule has 0 aliphatic heterocycles. The zero-order chi connectivity index (χ0) is 11.3. The van der Waals surface area contributed by atoms with E-state index in [9.17, 15) is 4.79 Å². The van der Waals surface area contributed by atoms with Gasteiger partial charge in [-0.25, -0.2) is 0 Å². The zero-order valence-corrected chi connectivity index (χ0v) is 10.5. The quantitative estimate of drug-likeness (QED) is 0.753. The van der Waals surface area contributed by atoms with Gasteiger partial charge in [0.2, 0.25) is 5.91 Å². The summed E-state index contributed by atoms with van der Waals surface area (Å²) in [7, 11) is 0. The molecule has 0 aromatic carbocycles. The van der Waals surface area contributed by atoms with Gasteiger partial charge in [-0.3, -0.25) is 4.79 Å². The Morgan fingerprint density at radius 1 is 1.60 bits per heavy atom. The normalized spacial score (nSPS) is 27.7. The fraction of sp³-hybridized carbons (Fsp3) is 0.909. The van der Waals surface area contributed by atoms with Crippen molar-refractivity contribution < 1.29 is 4.79 Å². The van der Waals surface area contributed by atoms with Crippen LogP contribution in [0.1, 0.15) is 39.5 Å². The lowest BCUT2D eigenvalue weighted by molar-refractivity contribution is -0.122. The molecule has 0 heterocycles. The fourth-order valence-corrected chi connectivity index (χ4v) is 3.18. The van der Waals surface area contributed by atoms with Gasteiger partial charge < -0.3 is 11.1 Å². The lowest BCUT2D eigenvalue weighted by Crippen LogP contribution is -2.36. The predicted octanol–water partition coefficient (Wildman–Crippen LogP) is 1.51. The Morgan fingerprint density at radius 3 is 2.93 bits per heavy atom. The van der Waals surface area contributed by atoms with E-state index in [4.69, 9.17) is 5.73 Å². The molecule has 0 bridgehead atoms. The summed E-state index contributed by atoms with van der Waals surface area (Å²) >= 11 is 2.01. The Morgan fingerprint density at radius 2 is 2.33 bits per heavy atom. The van der Waals surface area contributed by atoms with Gasteiger partial charge in [0.1, 0.15) is 0 Å². The van der Waals surface area contributed by atoms with Crippen LogP contribution in [0.2, 0.25) is 0 Å². The average molecular weight is 230 g/mol. The molecule has 3 unspecified atom stereocenters. The van der Waals surface area contributed by atoms with Crippen LogP contribution in [0.15, 0.2) is 0 Å². The minimum absolute atomic E-state index is 0.0350. The Balaban J connectivity index is 2.20. The summed E-state index contributed by atoms with van der Waals surface area (Å²) in [5.74, 6) is 1.28. The van der Waals surface area contributed by atoms with Gasteiger partial charge in [0.05, 0.1) is 0 Å². The third kappa shape index (κ3) is 4.89. The van der Waals surface area contributed by atoms with Crippen LogP contribution in [0.4, 0.5) is 0 Å². The van der Waals surface area contributed by atoms with Gasteiger partial charge in [0.25, 0.3) is 0 Å². The van der Waals surface area contributed by atoms with Crippen LogP contribution in [0, 0.1) is 0 Å². The van der Waals surface area contributed by atoms with Crippen molar-refractivity contribution in [1.29, 1.82) is 0 Å². The molecule has 0 radical (unpaired) electrons. The number of rotatable bonds is 5. The highest BCUT2D eigenvalue weighted by Gasteiger charge is 2.25. The maximum Gasteiger partial charge on any atom is 0.221 e. The van der Waals surface area contributed by atoms with Crippen LogP contribution < -0.4 is 11.1 Å². The van der Waals surface area contributed by atoms with Gasteiger partial charge >= 0.3 is 0 Å². The van der Waals surface area contributed by atoms with E-state index in [0.29, 0.717) is 12.5 Å². The third-order valence-corrected chi connectivity index (χ3v) is 3.89. The molecule has 3 N–H and O–H groups in total. The third-order valence-electron chi connectivity index (χ3n) is 2.66. The highest BCUT2D eigenvalue weighted by Crippen LogP contribution is 2.29. The molecule has 3 nitrogen and oxygen atoms in total. The van der Waals surface area contributed by atoms with Crippen LogP contribution in [-0.4, -0.2) is 29.0 Å². The lowest BCUT2D eigenvalue weighted by atomic mass is 10.2. The summed E-state index contributed by atoms with van der Waals surface area (Å²) in [6.07, 6.45) is 3.94. The number of hydrogen-bond acceptors (Lipinski definition) is 3. The Bertz CT molecular complexity index is 209. The van der Waals surface area contributed by atoms with E-state index < -0.39 is 0 Å². The van der Waals surface area contributed by atoms with E-state index in [2.05, 4.69) is 12.2 Å². The second-order valence-corrected chi connectivity index (χ2v) is 5.91. The second-order valence-electron chi connectivity index (χ2n) is 4.34. The van der Waals surface area contributed by atoms with Crippen LogP contribution >= 0.6 is 11.8 Å². The van der Waals surface area contributed by atoms with Crippen molar-refractivity contribution in [3.05, 3.63) is 0 Å². The number of nitrogens with one attached hydrogen (secondary N) is 1. The van der Waals surface area contributed by atoms with Gasteiger partial charge in [-0.15, -0.1) is 0 Å². The number of amides is 1. The lowest BCUT2D eigenvalue weighted by Gasteiger charge is -2.14. The maximum atomic E-state index is 11.5. The summed E-state index contributed by atoms with van der Waals surface area (Å²) in [5.41, 5.74) is 5.58. The van der Waals surface area contributed by atoms with Crippen molar-refractivity contribution >= 4 is 17.7 Å². The number of hydrogen-bond donors (Lipinski definition) is 2. The zero-order valence-electron chi connectivity index (χ0n) is 9.66. The van der Waals surface area contributed by atoms with E-state index in [-0.39, 0.29) is 11.9 Å². The van der Waals surface area contributed by atoms with Crippen molar-refractivity contribution in [2.24, 2.45) is 5.73 Å². The molecule has 0 aromatic rings. The van der Waals surface area contributed by atoms with Crippen molar-refractivity contribution in [1.82, 2.24) is 5.32 Å². The van der Waals surface area contributed by atoms with E-state index in [1.165, 1.54) is 12.2 Å². The van der Waals surface area contributed by atoms with Gasteiger partial charge in [-0.1, -0.05) is 6.92 Å². The van der Waals surface area contributed by atoms with Gasteiger partial charge in [-0.05, 0) is 31.9 Å². The Hall–Kier alpha value is -0.220. The van der Waals surface area contributed by atoms with Gasteiger partial charge in [-0.2, -0.15) is 11.8 Å². The average Bonchev–Trinajstić information content (AvgIpc) is 2.51. The summed E-state index contributed by atoms with van der Waals surface area (Å²) < 4.78 is 0. The maximum absolute atomic E-state index is 11.5. The number of nitrogens with two attached hydrogens (primary N) is 1. The summed E-state index contributed by atoms with van der Waals surface area (Å²) in [6, 6.07) is 0.354. The van der Waals surface area contributed by atoms with Crippen LogP contribution in [0.5, 0.6) is 0 Å². The number of carbonyl (C=O) groups excluding carboxylic acids is 1. The van der Waals surface area contributed by atoms with Crippen molar-refractivity contribution in [2.75, 3.05) is 5.75 Å². The SMILES string of the molecule is CCSC1CCC(NC(=O)CC(C)N)C1. The molecular formula is C11H22N2OS. The molecule has 1 saturated carbocycles. The van der Waals surface area contributed by atoms with E-state index in [1.807, 2.05) is 18.7 Å². The molecule has 3 atom stereocenters. The summed E-state index contributed by atoms with van der Waals surface area (Å²) in [6.45, 7) is 4.05. The van der Waals surface area contributed by atoms with Gasteiger partial charge in [0.15, 0.2) is 0 Å². The first-order valence-electron chi connectivity index (χ1n) is 5.78. The molecular weight excluding hydrogens is 208 g/mol. The molecule has 15 heavy (non-hydrogen) atoms. The fourth-order valence-electron chi connectivity index (χ4n) is 2.04. The van der Waals surface area contributed by atoms with Crippen molar-refractivity contribution in [3.63, 3.8) is 0 Å². The standard InChI is InChI=1S/C11H22N2OS/c1-3-15-10-5-4-9(7-10)13-11(14)6-8(2)12/h8-10H,3-7,12H2,1-2H3,(H,13,14). The molecule has 4 heteroatoms. The first-order valence-corrected chi connectivity index (χ1v) is 6.83. The predicted molar refractivity (Wildman–Crippen MR) is 66.0 cm³/mol. The molecule has 1 aliphatic rings. The molecule has 0 spiro atoms. The minimum Gasteiger partial charge on any atom is -0.353 e. The van der Waals surface area contributed by atoms with Crippen molar-refractivity contribution in [2.45, 2.75) is 56.9 Å². The molecule has 1 aliphatic carbocycles. The molecule has 88 valence electrons. The largest absolute Gasteiger partial charge is 0.353 e. The smallest absolute Gasteiger partial charge is 0.221 e. The molecule has 1 amide bonds. The summed E-state index contributed by atoms with van der Waals surface area (Å²) in [4.78, 5) is 11.5. The van der Waals surface area contributed by atoms with Crippen LogP contribution in [0.3, 0.4) is 0 Å². The minimum atomic E-state index is -0.0350. The van der Waals surface area contributed by atoms with Gasteiger partial charge in [0, 0.05) is 23.8 Å². The second kappa shape index (κ2) is 6.38. The number of carbonyl (C=O) groups is 1. The first kappa shape index (κ1) is 12.8. The van der Waals surface area contributed by atoms with E-state index >= 15 is 0 Å². The van der Waals surface area contributed by atoms with Crippen LogP contribution in [-0.2, 0) is 4.79 Å². The molecule has 0 saturated heterocycles. The van der Waals surface area contributed by atoms with Crippen LogP contribution in [0.25, 0.3) is 0 Å². The van der Waals surface area contributed by atoms with E-state index in [0.717, 1.165) is 18.1 Å². The highest BCUT2D eigenvalue weighted by molar-refractivity contribution is 7.99. The summed E-state index contributed by atoms with van der Waals surface area (Å²) in [5, 5.41) is 3.81. The van der Waals surface area contributed by atoms with Crippen molar-refractivity contribution in [3.8, 4) is 0 Å². The topological polar surface area (TPSA) is 55.1 Å². The molecule has 1 fully saturated rings. The number of thioether (sulfide) groups is 1. The molecule has 1 rings (SSSR count). The Labute approximate surface area is 96.6 Å². The first-order chi connectivity index (χ1) is 7.11. The monoisotopic (exact) mass is 230 g/mol. The Kier molecular flexibility index (Phi) is 5.47. The molecule has 0 aromatic heterocycles. The highest BCUT2D eigenvalue weighted by atomic mass is 32.2. The van der Waals surface area contributed by atoms with E-state index in [1.54, 1.807) is 0 Å².